The Labute approximate surface area is 162 Å². The molecular formula is C19H21N3O4S. The molecule has 1 aromatic heterocycles. The zero-order chi connectivity index (χ0) is 19.2. The van der Waals surface area contributed by atoms with Crippen LogP contribution in [0, 0.1) is 11.3 Å². The van der Waals surface area contributed by atoms with E-state index in [2.05, 4.69) is 16.4 Å². The van der Waals surface area contributed by atoms with Crippen LogP contribution in [0.2, 0.25) is 0 Å². The van der Waals surface area contributed by atoms with Gasteiger partial charge >= 0.3 is 0 Å². The van der Waals surface area contributed by atoms with E-state index in [1.165, 1.54) is 11.8 Å². The molecule has 2 aromatic rings. The van der Waals surface area contributed by atoms with E-state index in [4.69, 9.17) is 14.2 Å². The number of pyridine rings is 1. The second kappa shape index (κ2) is 8.93. The van der Waals surface area contributed by atoms with Crippen LogP contribution < -0.4 is 14.8 Å². The molecule has 7 nitrogen and oxygen atoms in total. The Bertz CT molecular complexity index is 875. The molecule has 0 radical (unpaired) electrons. The number of methoxy groups -OCH3 is 2. The van der Waals surface area contributed by atoms with Crippen LogP contribution in [-0.4, -0.2) is 50.1 Å². The van der Waals surface area contributed by atoms with Gasteiger partial charge in [-0.1, -0.05) is 11.8 Å². The average Bonchev–Trinajstić information content (AvgIpc) is 3.22. The summed E-state index contributed by atoms with van der Waals surface area (Å²) in [4.78, 5) is 16.6. The summed E-state index contributed by atoms with van der Waals surface area (Å²) in [7, 11) is 3.11. The number of benzene rings is 1. The van der Waals surface area contributed by atoms with Crippen molar-refractivity contribution in [3.05, 3.63) is 23.8 Å². The molecule has 0 bridgehead atoms. The van der Waals surface area contributed by atoms with Gasteiger partial charge in [-0.05, 0) is 25.0 Å². The lowest BCUT2D eigenvalue weighted by Gasteiger charge is -2.12. The smallest absolute Gasteiger partial charge is 0.230 e. The highest BCUT2D eigenvalue weighted by Crippen LogP contribution is 2.33. The molecule has 3 rings (SSSR count). The molecule has 1 aliphatic heterocycles. The Morgan fingerprint density at radius 3 is 2.81 bits per heavy atom. The van der Waals surface area contributed by atoms with Gasteiger partial charge in [-0.15, -0.1) is 0 Å². The Kier molecular flexibility index (Phi) is 6.37. The molecule has 27 heavy (non-hydrogen) atoms. The summed E-state index contributed by atoms with van der Waals surface area (Å²) in [6, 6.07) is 7.44. The fraction of sp³-hybridized carbons (Fsp3) is 0.421. The number of nitrogens with zero attached hydrogens (tertiary/aromatic N) is 2. The van der Waals surface area contributed by atoms with Crippen LogP contribution in [0.15, 0.2) is 23.2 Å². The normalized spacial score (nSPS) is 16.1. The van der Waals surface area contributed by atoms with Crippen LogP contribution in [0.25, 0.3) is 10.9 Å². The van der Waals surface area contributed by atoms with E-state index in [-0.39, 0.29) is 17.8 Å². The molecule has 142 valence electrons. The van der Waals surface area contributed by atoms with Crippen molar-refractivity contribution in [3.8, 4) is 17.6 Å². The molecule has 1 aromatic carbocycles. The van der Waals surface area contributed by atoms with Gasteiger partial charge in [-0.3, -0.25) is 4.79 Å². The summed E-state index contributed by atoms with van der Waals surface area (Å²) >= 11 is 1.24. The molecule has 1 amide bonds. The SMILES string of the molecule is COc1cc2cc(C#N)c(SCC(=O)NCC3CCCO3)nc2cc1OC. The summed E-state index contributed by atoms with van der Waals surface area (Å²) in [6.07, 6.45) is 2.12. The maximum absolute atomic E-state index is 12.1. The van der Waals surface area contributed by atoms with Crippen LogP contribution >= 0.6 is 11.8 Å². The van der Waals surface area contributed by atoms with Crippen molar-refractivity contribution < 1.29 is 19.0 Å². The van der Waals surface area contributed by atoms with E-state index in [1.54, 1.807) is 32.4 Å². The van der Waals surface area contributed by atoms with Gasteiger partial charge in [-0.2, -0.15) is 5.26 Å². The maximum atomic E-state index is 12.1. The van der Waals surface area contributed by atoms with Crippen molar-refractivity contribution in [3.63, 3.8) is 0 Å². The van der Waals surface area contributed by atoms with Gasteiger partial charge in [0.25, 0.3) is 0 Å². The van der Waals surface area contributed by atoms with Crippen LogP contribution in [0.1, 0.15) is 18.4 Å². The molecule has 1 fully saturated rings. The predicted molar refractivity (Wildman–Crippen MR) is 102 cm³/mol. The van der Waals surface area contributed by atoms with Crippen LogP contribution in [0.4, 0.5) is 0 Å². The Morgan fingerprint density at radius 2 is 2.15 bits per heavy atom. The number of thioether (sulfide) groups is 1. The number of fused-ring (bicyclic) bond motifs is 1. The number of hydrogen-bond acceptors (Lipinski definition) is 7. The lowest BCUT2D eigenvalue weighted by Crippen LogP contribution is -2.32. The summed E-state index contributed by atoms with van der Waals surface area (Å²) in [5, 5.41) is 13.6. The summed E-state index contributed by atoms with van der Waals surface area (Å²) < 4.78 is 16.1. The summed E-state index contributed by atoms with van der Waals surface area (Å²) in [5.41, 5.74) is 1.10. The molecule has 1 unspecified atom stereocenters. The Morgan fingerprint density at radius 1 is 1.37 bits per heavy atom. The van der Waals surface area contributed by atoms with Gasteiger partial charge in [0, 0.05) is 24.6 Å². The number of amides is 1. The number of carbonyl (C=O) groups excluding carboxylic acids is 1. The van der Waals surface area contributed by atoms with E-state index in [1.807, 2.05) is 0 Å². The van der Waals surface area contributed by atoms with Gasteiger partial charge in [0.2, 0.25) is 5.91 Å². The first-order valence-corrected chi connectivity index (χ1v) is 9.61. The fourth-order valence-corrected chi connectivity index (χ4v) is 3.68. The number of carbonyl (C=O) groups is 1. The second-order valence-electron chi connectivity index (χ2n) is 6.08. The number of rotatable bonds is 7. The van der Waals surface area contributed by atoms with Crippen molar-refractivity contribution in [2.24, 2.45) is 0 Å². The van der Waals surface area contributed by atoms with Crippen LogP contribution in [0.3, 0.4) is 0 Å². The fourth-order valence-electron chi connectivity index (χ4n) is 2.89. The molecule has 1 saturated heterocycles. The number of nitriles is 1. The lowest BCUT2D eigenvalue weighted by atomic mass is 10.1. The molecular weight excluding hydrogens is 366 g/mol. The molecule has 1 N–H and O–H groups in total. The predicted octanol–water partition coefficient (Wildman–Crippen LogP) is 2.51. The molecule has 0 aliphatic carbocycles. The minimum absolute atomic E-state index is 0.103. The van der Waals surface area contributed by atoms with Crippen molar-refractivity contribution in [2.45, 2.75) is 24.0 Å². The van der Waals surface area contributed by atoms with E-state index in [9.17, 15) is 10.1 Å². The molecule has 8 heteroatoms. The largest absolute Gasteiger partial charge is 0.493 e. The van der Waals surface area contributed by atoms with Gasteiger partial charge in [0.05, 0.1) is 37.2 Å². The summed E-state index contributed by atoms with van der Waals surface area (Å²) in [5.74, 6) is 1.22. The van der Waals surface area contributed by atoms with Gasteiger partial charge < -0.3 is 19.5 Å². The van der Waals surface area contributed by atoms with Crippen molar-refractivity contribution in [2.75, 3.05) is 33.1 Å². The zero-order valence-corrected chi connectivity index (χ0v) is 16.1. The molecule has 0 spiro atoms. The van der Waals surface area contributed by atoms with E-state index in [0.29, 0.717) is 34.1 Å². The van der Waals surface area contributed by atoms with E-state index in [0.717, 1.165) is 24.8 Å². The van der Waals surface area contributed by atoms with Crippen molar-refractivity contribution >= 4 is 28.6 Å². The third-order valence-electron chi connectivity index (χ3n) is 4.30. The lowest BCUT2D eigenvalue weighted by molar-refractivity contribution is -0.119. The average molecular weight is 387 g/mol. The topological polar surface area (TPSA) is 93.5 Å². The maximum Gasteiger partial charge on any atom is 0.230 e. The van der Waals surface area contributed by atoms with E-state index < -0.39 is 0 Å². The molecule has 1 aliphatic rings. The Hall–Kier alpha value is -2.50. The van der Waals surface area contributed by atoms with Crippen LogP contribution in [-0.2, 0) is 9.53 Å². The first-order chi connectivity index (χ1) is 13.1. The number of hydrogen-bond donors (Lipinski definition) is 1. The Balaban J connectivity index is 1.72. The highest BCUT2D eigenvalue weighted by atomic mass is 32.2. The monoisotopic (exact) mass is 387 g/mol. The van der Waals surface area contributed by atoms with E-state index >= 15 is 0 Å². The number of ether oxygens (including phenoxy) is 3. The highest BCUT2D eigenvalue weighted by Gasteiger charge is 2.17. The van der Waals surface area contributed by atoms with Gasteiger partial charge in [0.15, 0.2) is 11.5 Å². The second-order valence-corrected chi connectivity index (χ2v) is 7.04. The third kappa shape index (κ3) is 4.62. The molecule has 2 heterocycles. The van der Waals surface area contributed by atoms with Gasteiger partial charge in [0.1, 0.15) is 11.1 Å². The summed E-state index contributed by atoms with van der Waals surface area (Å²) in [6.45, 7) is 1.28. The molecule has 1 atom stereocenters. The minimum Gasteiger partial charge on any atom is -0.493 e. The van der Waals surface area contributed by atoms with Crippen molar-refractivity contribution in [1.82, 2.24) is 10.3 Å². The highest BCUT2D eigenvalue weighted by molar-refractivity contribution is 8.00. The number of aromatic nitrogens is 1. The molecule has 0 saturated carbocycles. The quantitative estimate of drug-likeness (QED) is 0.730. The first kappa shape index (κ1) is 19.3. The zero-order valence-electron chi connectivity index (χ0n) is 15.3. The minimum atomic E-state index is -0.103. The first-order valence-electron chi connectivity index (χ1n) is 8.62. The number of nitrogens with one attached hydrogen (secondary N) is 1. The standard InChI is InChI=1S/C19H21N3O4S/c1-24-16-7-12-6-13(9-20)19(22-15(12)8-17(16)25-2)27-11-18(23)21-10-14-4-3-5-26-14/h6-8,14H,3-5,10-11H2,1-2H3,(H,21,23). The van der Waals surface area contributed by atoms with Gasteiger partial charge in [-0.25, -0.2) is 4.98 Å². The third-order valence-corrected chi connectivity index (χ3v) is 5.29. The van der Waals surface area contributed by atoms with Crippen molar-refractivity contribution in [1.29, 1.82) is 5.26 Å². The van der Waals surface area contributed by atoms with Crippen LogP contribution in [0.5, 0.6) is 11.5 Å².